The maximum atomic E-state index is 9.05. The Kier molecular flexibility index (Phi) is 4.85. The van der Waals surface area contributed by atoms with Crippen molar-refractivity contribution >= 4 is 5.96 Å². The highest BCUT2D eigenvalue weighted by molar-refractivity contribution is 5.82. The number of nitrogens with zero attached hydrogens (tertiary/aromatic N) is 3. The van der Waals surface area contributed by atoms with E-state index in [2.05, 4.69) is 27.0 Å². The van der Waals surface area contributed by atoms with E-state index < -0.39 is 0 Å². The molecule has 0 spiro atoms. The van der Waals surface area contributed by atoms with Crippen molar-refractivity contribution in [1.82, 2.24) is 15.1 Å². The van der Waals surface area contributed by atoms with Crippen LogP contribution in [0.2, 0.25) is 0 Å². The number of rotatable bonds is 3. The Labute approximate surface area is 109 Å². The highest BCUT2D eigenvalue weighted by Gasteiger charge is 2.28. The molecule has 2 rings (SSSR count). The van der Waals surface area contributed by atoms with Crippen LogP contribution < -0.4 is 5.32 Å². The number of hydrogen-bond donors (Lipinski definition) is 2. The second kappa shape index (κ2) is 6.62. The maximum absolute atomic E-state index is 9.05. The van der Waals surface area contributed by atoms with Crippen LogP contribution in [0.5, 0.6) is 0 Å². The molecule has 2 heterocycles. The zero-order chi connectivity index (χ0) is 12.8. The molecular weight excluding hydrogens is 228 g/mol. The van der Waals surface area contributed by atoms with E-state index >= 15 is 0 Å². The SMILES string of the molecule is CC#CCN1CC(CCO)N=C1N1CCNCC1. The Morgan fingerprint density at radius 2 is 2.22 bits per heavy atom. The topological polar surface area (TPSA) is 51.1 Å². The van der Waals surface area contributed by atoms with Gasteiger partial charge in [0.25, 0.3) is 0 Å². The van der Waals surface area contributed by atoms with Gasteiger partial charge in [-0.1, -0.05) is 5.92 Å². The van der Waals surface area contributed by atoms with Crippen molar-refractivity contribution in [2.75, 3.05) is 45.9 Å². The van der Waals surface area contributed by atoms with Gasteiger partial charge in [0, 0.05) is 39.3 Å². The van der Waals surface area contributed by atoms with Gasteiger partial charge in [-0.15, -0.1) is 5.92 Å². The molecule has 1 fully saturated rings. The van der Waals surface area contributed by atoms with Crippen LogP contribution in [0.3, 0.4) is 0 Å². The van der Waals surface area contributed by atoms with E-state index in [1.807, 2.05) is 6.92 Å². The van der Waals surface area contributed by atoms with Crippen LogP contribution in [0.4, 0.5) is 0 Å². The van der Waals surface area contributed by atoms with E-state index in [0.29, 0.717) is 0 Å². The van der Waals surface area contributed by atoms with Crippen molar-refractivity contribution in [2.45, 2.75) is 19.4 Å². The molecule has 0 aromatic rings. The summed E-state index contributed by atoms with van der Waals surface area (Å²) in [5.41, 5.74) is 0. The summed E-state index contributed by atoms with van der Waals surface area (Å²) in [7, 11) is 0. The summed E-state index contributed by atoms with van der Waals surface area (Å²) in [6, 6.07) is 0.221. The minimum absolute atomic E-state index is 0.205. The minimum atomic E-state index is 0.205. The molecule has 1 unspecified atom stereocenters. The fourth-order valence-electron chi connectivity index (χ4n) is 2.38. The molecule has 100 valence electrons. The highest BCUT2D eigenvalue weighted by atomic mass is 16.3. The van der Waals surface area contributed by atoms with Gasteiger partial charge in [0.2, 0.25) is 0 Å². The Hall–Kier alpha value is -1.25. The van der Waals surface area contributed by atoms with Crippen molar-refractivity contribution in [3.05, 3.63) is 0 Å². The second-order valence-corrected chi connectivity index (χ2v) is 4.64. The normalized spacial score (nSPS) is 23.7. The molecule has 2 aliphatic heterocycles. The molecule has 0 amide bonds. The first-order valence-electron chi connectivity index (χ1n) is 6.64. The number of piperazine rings is 1. The van der Waals surface area contributed by atoms with Gasteiger partial charge in [-0.25, -0.2) is 4.99 Å². The molecule has 5 nitrogen and oxygen atoms in total. The van der Waals surface area contributed by atoms with Gasteiger partial charge in [0.05, 0.1) is 12.6 Å². The van der Waals surface area contributed by atoms with Crippen LogP contribution in [0, 0.1) is 11.8 Å². The number of aliphatic hydroxyl groups excluding tert-OH is 1. The lowest BCUT2D eigenvalue weighted by Gasteiger charge is -2.33. The van der Waals surface area contributed by atoms with Gasteiger partial charge in [0.1, 0.15) is 0 Å². The summed E-state index contributed by atoms with van der Waals surface area (Å²) in [6.45, 7) is 7.71. The summed E-state index contributed by atoms with van der Waals surface area (Å²) < 4.78 is 0. The number of nitrogens with one attached hydrogen (secondary N) is 1. The molecule has 0 aromatic heterocycles. The molecule has 5 heteroatoms. The molecule has 1 saturated heterocycles. The smallest absolute Gasteiger partial charge is 0.197 e. The third-order valence-electron chi connectivity index (χ3n) is 3.32. The van der Waals surface area contributed by atoms with Gasteiger partial charge in [-0.3, -0.25) is 0 Å². The Morgan fingerprint density at radius 1 is 1.44 bits per heavy atom. The quantitative estimate of drug-likeness (QED) is 0.653. The second-order valence-electron chi connectivity index (χ2n) is 4.64. The Morgan fingerprint density at radius 3 is 2.89 bits per heavy atom. The molecule has 0 aliphatic carbocycles. The lowest BCUT2D eigenvalue weighted by atomic mass is 10.2. The highest BCUT2D eigenvalue weighted by Crippen LogP contribution is 2.15. The average molecular weight is 250 g/mol. The van der Waals surface area contributed by atoms with Crippen LogP contribution >= 0.6 is 0 Å². The summed E-state index contributed by atoms with van der Waals surface area (Å²) in [6.07, 6.45) is 0.742. The van der Waals surface area contributed by atoms with Crippen LogP contribution in [-0.2, 0) is 0 Å². The molecule has 0 saturated carbocycles. The molecule has 0 radical (unpaired) electrons. The van der Waals surface area contributed by atoms with E-state index in [0.717, 1.165) is 51.6 Å². The third-order valence-corrected chi connectivity index (χ3v) is 3.32. The Balaban J connectivity index is 2.03. The summed E-state index contributed by atoms with van der Waals surface area (Å²) in [5, 5.41) is 12.4. The van der Waals surface area contributed by atoms with Crippen molar-refractivity contribution in [3.8, 4) is 11.8 Å². The molecule has 2 N–H and O–H groups in total. The number of hydrogen-bond acceptors (Lipinski definition) is 5. The average Bonchev–Trinajstić information content (AvgIpc) is 2.81. The predicted molar refractivity (Wildman–Crippen MR) is 72.4 cm³/mol. The van der Waals surface area contributed by atoms with Crippen LogP contribution in [0.25, 0.3) is 0 Å². The molecule has 0 aromatic carbocycles. The first-order valence-corrected chi connectivity index (χ1v) is 6.64. The van der Waals surface area contributed by atoms with Crippen LogP contribution in [0.15, 0.2) is 4.99 Å². The van der Waals surface area contributed by atoms with Crippen molar-refractivity contribution < 1.29 is 5.11 Å². The van der Waals surface area contributed by atoms with E-state index in [4.69, 9.17) is 10.1 Å². The van der Waals surface area contributed by atoms with Gasteiger partial charge in [-0.2, -0.15) is 0 Å². The first-order chi connectivity index (χ1) is 8.85. The number of aliphatic imine (C=N–C) groups is 1. The third kappa shape index (κ3) is 3.15. The van der Waals surface area contributed by atoms with E-state index in [1.54, 1.807) is 0 Å². The molecule has 1 atom stereocenters. The summed E-state index contributed by atoms with van der Waals surface area (Å²) >= 11 is 0. The lowest BCUT2D eigenvalue weighted by molar-refractivity contribution is 0.270. The van der Waals surface area contributed by atoms with Crippen molar-refractivity contribution in [1.29, 1.82) is 0 Å². The van der Waals surface area contributed by atoms with Gasteiger partial charge < -0.3 is 20.2 Å². The van der Waals surface area contributed by atoms with Crippen LogP contribution in [0.1, 0.15) is 13.3 Å². The molecule has 2 aliphatic rings. The molecule has 18 heavy (non-hydrogen) atoms. The number of aliphatic hydroxyl groups is 1. The molecular formula is C13H22N4O. The zero-order valence-corrected chi connectivity index (χ0v) is 11.0. The Bertz CT molecular complexity index is 352. The fraction of sp³-hybridized carbons (Fsp3) is 0.769. The zero-order valence-electron chi connectivity index (χ0n) is 11.0. The van der Waals surface area contributed by atoms with Crippen LogP contribution in [-0.4, -0.2) is 72.8 Å². The van der Waals surface area contributed by atoms with Crippen molar-refractivity contribution in [2.24, 2.45) is 4.99 Å². The maximum Gasteiger partial charge on any atom is 0.197 e. The fourth-order valence-corrected chi connectivity index (χ4v) is 2.38. The predicted octanol–water partition coefficient (Wildman–Crippen LogP) is -0.662. The number of guanidine groups is 1. The summed E-state index contributed by atoms with van der Waals surface area (Å²) in [4.78, 5) is 9.31. The summed E-state index contributed by atoms with van der Waals surface area (Å²) in [5.74, 6) is 7.12. The first kappa shape index (κ1) is 13.2. The van der Waals surface area contributed by atoms with Gasteiger partial charge in [0.15, 0.2) is 5.96 Å². The van der Waals surface area contributed by atoms with Gasteiger partial charge in [-0.05, 0) is 13.3 Å². The van der Waals surface area contributed by atoms with Gasteiger partial charge >= 0.3 is 0 Å². The van der Waals surface area contributed by atoms with E-state index in [-0.39, 0.29) is 12.6 Å². The molecule has 0 bridgehead atoms. The lowest BCUT2D eigenvalue weighted by Crippen LogP contribution is -2.51. The van der Waals surface area contributed by atoms with E-state index in [9.17, 15) is 0 Å². The standard InChI is InChI=1S/C13H22N4O/c1-2-3-7-17-11-12(4-10-18)15-13(17)16-8-5-14-6-9-16/h12,14,18H,4-11H2,1H3. The van der Waals surface area contributed by atoms with E-state index in [1.165, 1.54) is 0 Å². The minimum Gasteiger partial charge on any atom is -0.396 e. The largest absolute Gasteiger partial charge is 0.396 e. The monoisotopic (exact) mass is 250 g/mol. The van der Waals surface area contributed by atoms with Crippen molar-refractivity contribution in [3.63, 3.8) is 0 Å².